The third-order valence-electron chi connectivity index (χ3n) is 1.57. The van der Waals surface area contributed by atoms with Crippen molar-refractivity contribution in [1.29, 1.82) is 0 Å². The lowest BCUT2D eigenvalue weighted by Crippen LogP contribution is -2.47. The number of carbonyl (C=O) groups is 1. The molecule has 1 rings (SSSR count). The number of hydrogen-bond donors (Lipinski definition) is 2. The molecule has 0 aliphatic carbocycles. The van der Waals surface area contributed by atoms with Crippen LogP contribution in [0.5, 0.6) is 0 Å². The molecule has 1 aliphatic heterocycles. The van der Waals surface area contributed by atoms with Gasteiger partial charge >= 0.3 is 5.97 Å². The summed E-state index contributed by atoms with van der Waals surface area (Å²) in [6, 6.07) is 0.0675. The molecule has 0 amide bonds. The fourth-order valence-electron chi connectivity index (χ4n) is 0.952. The van der Waals surface area contributed by atoms with Gasteiger partial charge in [0.1, 0.15) is 0 Å². The maximum atomic E-state index is 10.6. The van der Waals surface area contributed by atoms with Crippen molar-refractivity contribution in [3.05, 3.63) is 0 Å². The number of hydrogen-bond acceptors (Lipinski definition) is 4. The Morgan fingerprint density at radius 1 is 1.58 bits per heavy atom. The van der Waals surface area contributed by atoms with E-state index in [4.69, 9.17) is 0 Å². The summed E-state index contributed by atoms with van der Waals surface area (Å²) in [5, 5.41) is 6.31. The zero-order valence-corrected chi connectivity index (χ0v) is 7.02. The van der Waals surface area contributed by atoms with Crippen LogP contribution >= 0.6 is 0 Å². The molecule has 66 valence electrons. The van der Waals surface area contributed by atoms with Crippen LogP contribution in [0.25, 0.3) is 0 Å². The Hall–Kier alpha value is -1.05. The van der Waals surface area contributed by atoms with Gasteiger partial charge in [-0.05, 0) is 0 Å². The van der Waals surface area contributed by atoms with Gasteiger partial charge in [0.15, 0.2) is 0 Å². The van der Waals surface area contributed by atoms with Crippen molar-refractivity contribution in [2.75, 3.05) is 26.7 Å². The minimum atomic E-state index is -0.484. The largest absolute Gasteiger partial charge is 0.459 e. The van der Waals surface area contributed by atoms with Crippen LogP contribution in [-0.2, 0) is 9.53 Å². The number of carbonyl (C=O) groups excluding carboxylic acids is 1. The number of ether oxygens (including phenoxy) is 1. The van der Waals surface area contributed by atoms with E-state index in [2.05, 4.69) is 27.2 Å². The Kier molecular flexibility index (Phi) is 3.58. The quantitative estimate of drug-likeness (QED) is 0.269. The standard InChI is InChI=1S/C8H12N2O2/c1-12-8(11)3-2-7-6-9-4-5-10-7/h7,9-10H,4-6H2,1H3. The lowest BCUT2D eigenvalue weighted by atomic mass is 10.2. The summed E-state index contributed by atoms with van der Waals surface area (Å²) in [5.41, 5.74) is 0. The van der Waals surface area contributed by atoms with Gasteiger partial charge in [-0.15, -0.1) is 0 Å². The molecule has 0 radical (unpaired) electrons. The third-order valence-corrected chi connectivity index (χ3v) is 1.57. The zero-order valence-electron chi connectivity index (χ0n) is 7.02. The minimum absolute atomic E-state index is 0.0675. The zero-order chi connectivity index (χ0) is 8.81. The predicted octanol–water partition coefficient (Wildman–Crippen LogP) is -1.28. The maximum absolute atomic E-state index is 10.6. The molecule has 1 heterocycles. The highest BCUT2D eigenvalue weighted by molar-refractivity contribution is 5.88. The normalized spacial score (nSPS) is 22.2. The molecule has 12 heavy (non-hydrogen) atoms. The van der Waals surface area contributed by atoms with Crippen LogP contribution in [0, 0.1) is 11.8 Å². The first kappa shape index (κ1) is 9.04. The molecule has 1 aliphatic rings. The first-order valence-electron chi connectivity index (χ1n) is 3.86. The molecule has 0 saturated carbocycles. The summed E-state index contributed by atoms with van der Waals surface area (Å²) in [6.07, 6.45) is 0. The molecule has 1 saturated heterocycles. The molecule has 1 atom stereocenters. The van der Waals surface area contributed by atoms with E-state index in [9.17, 15) is 4.79 Å². The molecule has 0 aromatic rings. The van der Waals surface area contributed by atoms with Crippen molar-refractivity contribution in [3.8, 4) is 11.8 Å². The predicted molar refractivity (Wildman–Crippen MR) is 44.5 cm³/mol. The van der Waals surface area contributed by atoms with E-state index in [0.717, 1.165) is 19.6 Å². The number of piperazine rings is 1. The second-order valence-corrected chi connectivity index (χ2v) is 2.47. The Balaban J connectivity index is 2.35. The van der Waals surface area contributed by atoms with Gasteiger partial charge in [0, 0.05) is 25.6 Å². The Bertz CT molecular complexity index is 211. The SMILES string of the molecule is COC(=O)C#CC1CNCCN1. The average molecular weight is 168 g/mol. The van der Waals surface area contributed by atoms with Gasteiger partial charge in [0.05, 0.1) is 13.2 Å². The molecule has 4 heteroatoms. The van der Waals surface area contributed by atoms with Gasteiger partial charge in [0.2, 0.25) is 0 Å². The Morgan fingerprint density at radius 2 is 2.42 bits per heavy atom. The van der Waals surface area contributed by atoms with Crippen molar-refractivity contribution in [1.82, 2.24) is 10.6 Å². The van der Waals surface area contributed by atoms with E-state index >= 15 is 0 Å². The second-order valence-electron chi connectivity index (χ2n) is 2.47. The second kappa shape index (κ2) is 4.75. The molecule has 1 fully saturated rings. The number of nitrogens with one attached hydrogen (secondary N) is 2. The molecule has 0 bridgehead atoms. The van der Waals surface area contributed by atoms with Gasteiger partial charge in [-0.3, -0.25) is 0 Å². The summed E-state index contributed by atoms with van der Waals surface area (Å²) in [7, 11) is 1.32. The highest BCUT2D eigenvalue weighted by Gasteiger charge is 2.07. The van der Waals surface area contributed by atoms with Crippen molar-refractivity contribution in [2.24, 2.45) is 0 Å². The van der Waals surface area contributed by atoms with E-state index in [0.29, 0.717) is 0 Å². The van der Waals surface area contributed by atoms with Gasteiger partial charge in [-0.2, -0.15) is 0 Å². The molecule has 0 spiro atoms. The first-order chi connectivity index (χ1) is 5.83. The number of esters is 1. The summed E-state index contributed by atoms with van der Waals surface area (Å²) in [4.78, 5) is 10.6. The van der Waals surface area contributed by atoms with Crippen LogP contribution in [0.4, 0.5) is 0 Å². The maximum Gasteiger partial charge on any atom is 0.384 e. The van der Waals surface area contributed by atoms with Crippen LogP contribution in [0.2, 0.25) is 0 Å². The van der Waals surface area contributed by atoms with E-state index in [1.807, 2.05) is 0 Å². The van der Waals surface area contributed by atoms with E-state index in [1.165, 1.54) is 7.11 Å². The lowest BCUT2D eigenvalue weighted by Gasteiger charge is -2.19. The monoisotopic (exact) mass is 168 g/mol. The summed E-state index contributed by atoms with van der Waals surface area (Å²) >= 11 is 0. The molecule has 2 N–H and O–H groups in total. The third kappa shape index (κ3) is 2.91. The fourth-order valence-corrected chi connectivity index (χ4v) is 0.952. The molecule has 1 unspecified atom stereocenters. The summed E-state index contributed by atoms with van der Waals surface area (Å²) < 4.78 is 4.38. The summed E-state index contributed by atoms with van der Waals surface area (Å²) in [6.45, 7) is 2.63. The van der Waals surface area contributed by atoms with E-state index < -0.39 is 5.97 Å². The van der Waals surface area contributed by atoms with Gasteiger partial charge in [0.25, 0.3) is 0 Å². The first-order valence-corrected chi connectivity index (χ1v) is 3.86. The smallest absolute Gasteiger partial charge is 0.384 e. The fraction of sp³-hybridized carbons (Fsp3) is 0.625. The highest BCUT2D eigenvalue weighted by Crippen LogP contribution is 1.83. The van der Waals surface area contributed by atoms with Crippen LogP contribution in [-0.4, -0.2) is 38.8 Å². The number of methoxy groups -OCH3 is 1. The van der Waals surface area contributed by atoms with Crippen molar-refractivity contribution < 1.29 is 9.53 Å². The van der Waals surface area contributed by atoms with Gasteiger partial charge in [-0.25, -0.2) is 4.79 Å². The Labute approximate surface area is 71.7 Å². The average Bonchev–Trinajstić information content (AvgIpc) is 2.16. The van der Waals surface area contributed by atoms with E-state index in [1.54, 1.807) is 0 Å². The van der Waals surface area contributed by atoms with Crippen LogP contribution in [0.1, 0.15) is 0 Å². The van der Waals surface area contributed by atoms with Crippen LogP contribution in [0.15, 0.2) is 0 Å². The van der Waals surface area contributed by atoms with Gasteiger partial charge < -0.3 is 15.4 Å². The van der Waals surface area contributed by atoms with Crippen molar-refractivity contribution >= 4 is 5.97 Å². The van der Waals surface area contributed by atoms with Crippen molar-refractivity contribution in [2.45, 2.75) is 6.04 Å². The lowest BCUT2D eigenvalue weighted by molar-refractivity contribution is -0.133. The topological polar surface area (TPSA) is 50.4 Å². The molecule has 4 nitrogen and oxygen atoms in total. The minimum Gasteiger partial charge on any atom is -0.459 e. The molecular weight excluding hydrogens is 156 g/mol. The molecule has 0 aromatic heterocycles. The highest BCUT2D eigenvalue weighted by atomic mass is 16.5. The van der Waals surface area contributed by atoms with Crippen molar-refractivity contribution in [3.63, 3.8) is 0 Å². The van der Waals surface area contributed by atoms with Crippen LogP contribution in [0.3, 0.4) is 0 Å². The van der Waals surface area contributed by atoms with Gasteiger partial charge in [-0.1, -0.05) is 5.92 Å². The molecular formula is C8H12N2O2. The van der Waals surface area contributed by atoms with E-state index in [-0.39, 0.29) is 6.04 Å². The summed E-state index contributed by atoms with van der Waals surface area (Å²) in [5.74, 6) is 4.68. The van der Waals surface area contributed by atoms with Crippen LogP contribution < -0.4 is 10.6 Å². The number of rotatable bonds is 0. The molecule has 0 aromatic carbocycles. The Morgan fingerprint density at radius 3 is 3.00 bits per heavy atom.